The SMILES string of the molecule is COc1ccc(CN(Cc2ccc(OC)cc2)c2nc(Nc3c(C)cc(C#N)nc3Cl)cc3c2ncn3C)cc1. The average Bonchev–Trinajstić information content (AvgIpc) is 3.35. The van der Waals surface area contributed by atoms with Crippen LogP contribution >= 0.6 is 11.6 Å². The second kappa shape index (κ2) is 11.5. The molecule has 3 heterocycles. The van der Waals surface area contributed by atoms with Gasteiger partial charge in [0, 0.05) is 26.2 Å². The number of nitrogens with one attached hydrogen (secondary N) is 1. The van der Waals surface area contributed by atoms with E-state index in [4.69, 9.17) is 31.0 Å². The first-order valence-corrected chi connectivity index (χ1v) is 12.9. The standard InChI is InChI=1S/C30H28ClN7O2/c1-19-13-22(15-32)34-29(31)27(19)35-26-14-25-28(33-18-37(25)2)30(36-26)38(16-20-5-9-23(39-3)10-6-20)17-21-7-11-24(40-4)12-8-21/h5-14,18H,16-17H2,1-4H3,(H,35,36). The van der Waals surface area contributed by atoms with Crippen molar-refractivity contribution < 1.29 is 9.47 Å². The van der Waals surface area contributed by atoms with Gasteiger partial charge in [-0.3, -0.25) is 0 Å². The largest absolute Gasteiger partial charge is 0.497 e. The Morgan fingerprint density at radius 1 is 0.950 bits per heavy atom. The zero-order valence-corrected chi connectivity index (χ0v) is 23.4. The Morgan fingerprint density at radius 3 is 2.08 bits per heavy atom. The maximum absolute atomic E-state index is 9.26. The molecular weight excluding hydrogens is 526 g/mol. The van der Waals surface area contributed by atoms with Crippen molar-refractivity contribution in [3.8, 4) is 17.6 Å². The fourth-order valence-electron chi connectivity index (χ4n) is 4.47. The summed E-state index contributed by atoms with van der Waals surface area (Å²) in [5.74, 6) is 2.88. The number of benzene rings is 2. The van der Waals surface area contributed by atoms with E-state index in [1.165, 1.54) is 0 Å². The summed E-state index contributed by atoms with van der Waals surface area (Å²) in [6.45, 7) is 3.03. The molecule has 0 aliphatic carbocycles. The van der Waals surface area contributed by atoms with Gasteiger partial charge in [0.25, 0.3) is 0 Å². The zero-order chi connectivity index (χ0) is 28.2. The summed E-state index contributed by atoms with van der Waals surface area (Å²) < 4.78 is 12.7. The fourth-order valence-corrected chi connectivity index (χ4v) is 4.76. The molecule has 3 aromatic heterocycles. The minimum atomic E-state index is 0.207. The molecule has 0 bridgehead atoms. The quantitative estimate of drug-likeness (QED) is 0.216. The van der Waals surface area contributed by atoms with Crippen LogP contribution in [0.15, 0.2) is 67.0 Å². The number of anilines is 3. The monoisotopic (exact) mass is 553 g/mol. The van der Waals surface area contributed by atoms with Gasteiger partial charge in [-0.25, -0.2) is 15.0 Å². The summed E-state index contributed by atoms with van der Waals surface area (Å²) >= 11 is 6.46. The van der Waals surface area contributed by atoms with E-state index in [1.54, 1.807) is 26.6 Å². The minimum absolute atomic E-state index is 0.207. The highest BCUT2D eigenvalue weighted by Crippen LogP contribution is 2.33. The third kappa shape index (κ3) is 5.63. The number of hydrogen-bond acceptors (Lipinski definition) is 8. The first-order valence-electron chi connectivity index (χ1n) is 12.6. The molecular formula is C30H28ClN7O2. The van der Waals surface area contributed by atoms with Crippen LogP contribution in [0.5, 0.6) is 11.5 Å². The summed E-state index contributed by atoms with van der Waals surface area (Å²) in [5, 5.41) is 12.8. The van der Waals surface area contributed by atoms with E-state index < -0.39 is 0 Å². The predicted molar refractivity (Wildman–Crippen MR) is 156 cm³/mol. The lowest BCUT2D eigenvalue weighted by molar-refractivity contribution is 0.414. The number of nitriles is 1. The molecule has 40 heavy (non-hydrogen) atoms. The van der Waals surface area contributed by atoms with Gasteiger partial charge in [0.05, 0.1) is 31.8 Å². The number of fused-ring (bicyclic) bond motifs is 1. The van der Waals surface area contributed by atoms with Crippen LogP contribution in [-0.4, -0.2) is 33.7 Å². The molecule has 5 rings (SSSR count). The van der Waals surface area contributed by atoms with Crippen molar-refractivity contribution in [2.24, 2.45) is 7.05 Å². The topological polar surface area (TPSA) is 101 Å². The maximum Gasteiger partial charge on any atom is 0.159 e. The molecule has 202 valence electrons. The van der Waals surface area contributed by atoms with Crippen LogP contribution in [-0.2, 0) is 20.1 Å². The molecule has 9 nitrogen and oxygen atoms in total. The van der Waals surface area contributed by atoms with Gasteiger partial charge in [0.15, 0.2) is 11.0 Å². The van der Waals surface area contributed by atoms with E-state index in [0.717, 1.165) is 39.2 Å². The lowest BCUT2D eigenvalue weighted by Crippen LogP contribution is -2.24. The van der Waals surface area contributed by atoms with Gasteiger partial charge < -0.3 is 24.3 Å². The number of aryl methyl sites for hydroxylation is 2. The zero-order valence-electron chi connectivity index (χ0n) is 22.6. The van der Waals surface area contributed by atoms with E-state index in [2.05, 4.69) is 15.2 Å². The lowest BCUT2D eigenvalue weighted by Gasteiger charge is -2.25. The van der Waals surface area contributed by atoms with Gasteiger partial charge in [-0.15, -0.1) is 0 Å². The number of aromatic nitrogens is 4. The van der Waals surface area contributed by atoms with Gasteiger partial charge in [-0.1, -0.05) is 35.9 Å². The molecule has 0 atom stereocenters. The summed E-state index contributed by atoms with van der Waals surface area (Å²) in [6, 6.07) is 21.6. The first-order chi connectivity index (χ1) is 19.4. The molecule has 1 N–H and O–H groups in total. The van der Waals surface area contributed by atoms with Crippen molar-refractivity contribution in [3.63, 3.8) is 0 Å². The molecule has 0 amide bonds. The summed E-state index contributed by atoms with van der Waals surface area (Å²) in [4.78, 5) is 16.1. The van der Waals surface area contributed by atoms with Crippen molar-refractivity contribution in [1.29, 1.82) is 5.26 Å². The van der Waals surface area contributed by atoms with Crippen LogP contribution in [0.3, 0.4) is 0 Å². The summed E-state index contributed by atoms with van der Waals surface area (Å²) in [5.41, 5.74) is 5.50. The Hall–Kier alpha value is -4.81. The molecule has 0 aliphatic heterocycles. The summed E-state index contributed by atoms with van der Waals surface area (Å²) in [6.07, 6.45) is 1.78. The highest BCUT2D eigenvalue weighted by Gasteiger charge is 2.19. The number of methoxy groups -OCH3 is 2. The lowest BCUT2D eigenvalue weighted by atomic mass is 10.1. The second-order valence-corrected chi connectivity index (χ2v) is 9.69. The Balaban J connectivity index is 1.59. The molecule has 0 fully saturated rings. The molecule has 0 aliphatic rings. The third-order valence-corrected chi connectivity index (χ3v) is 6.87. The summed E-state index contributed by atoms with van der Waals surface area (Å²) in [7, 11) is 5.26. The van der Waals surface area contributed by atoms with E-state index in [9.17, 15) is 5.26 Å². The Bertz CT molecular complexity index is 1620. The van der Waals surface area contributed by atoms with Gasteiger partial charge in [0.2, 0.25) is 0 Å². The number of hydrogen-bond donors (Lipinski definition) is 1. The number of ether oxygens (including phenoxy) is 2. The van der Waals surface area contributed by atoms with Crippen molar-refractivity contribution in [3.05, 3.63) is 94.5 Å². The van der Waals surface area contributed by atoms with Gasteiger partial charge in [-0.2, -0.15) is 5.26 Å². The van der Waals surface area contributed by atoms with Crippen LogP contribution < -0.4 is 19.7 Å². The van der Waals surface area contributed by atoms with Crippen LogP contribution in [0.1, 0.15) is 22.4 Å². The molecule has 0 saturated heterocycles. The molecule has 5 aromatic rings. The fraction of sp³-hybridized carbons (Fsp3) is 0.200. The van der Waals surface area contributed by atoms with E-state index in [-0.39, 0.29) is 10.8 Å². The second-order valence-electron chi connectivity index (χ2n) is 9.33. The Morgan fingerprint density at radius 2 is 1.55 bits per heavy atom. The Labute approximate surface area is 237 Å². The average molecular weight is 554 g/mol. The van der Waals surface area contributed by atoms with Crippen molar-refractivity contribution >= 4 is 40.0 Å². The highest BCUT2D eigenvalue weighted by molar-refractivity contribution is 6.32. The van der Waals surface area contributed by atoms with Crippen molar-refractivity contribution in [1.82, 2.24) is 19.5 Å². The molecule has 0 spiro atoms. The van der Waals surface area contributed by atoms with E-state index in [0.29, 0.717) is 30.4 Å². The predicted octanol–water partition coefficient (Wildman–Crippen LogP) is 6.16. The van der Waals surface area contributed by atoms with Crippen LogP contribution in [0.25, 0.3) is 11.0 Å². The third-order valence-electron chi connectivity index (χ3n) is 6.60. The maximum atomic E-state index is 9.26. The van der Waals surface area contributed by atoms with E-state index >= 15 is 0 Å². The van der Waals surface area contributed by atoms with Gasteiger partial charge >= 0.3 is 0 Å². The van der Waals surface area contributed by atoms with Crippen LogP contribution in [0, 0.1) is 18.3 Å². The van der Waals surface area contributed by atoms with Crippen molar-refractivity contribution in [2.45, 2.75) is 20.0 Å². The molecule has 0 saturated carbocycles. The van der Waals surface area contributed by atoms with Crippen LogP contribution in [0.2, 0.25) is 5.15 Å². The highest BCUT2D eigenvalue weighted by atomic mass is 35.5. The number of rotatable bonds is 9. The first kappa shape index (κ1) is 26.8. The minimum Gasteiger partial charge on any atom is -0.497 e. The van der Waals surface area contributed by atoms with Gasteiger partial charge in [0.1, 0.15) is 34.6 Å². The molecule has 2 aromatic carbocycles. The van der Waals surface area contributed by atoms with Crippen LogP contribution in [0.4, 0.5) is 17.3 Å². The number of nitrogens with zero attached hydrogens (tertiary/aromatic N) is 6. The number of imidazole rings is 1. The molecule has 10 heteroatoms. The number of halogens is 1. The van der Waals surface area contributed by atoms with Crippen molar-refractivity contribution in [2.75, 3.05) is 24.4 Å². The van der Waals surface area contributed by atoms with Gasteiger partial charge in [-0.05, 0) is 53.9 Å². The molecule has 0 radical (unpaired) electrons. The Kier molecular flexibility index (Phi) is 7.71. The molecule has 0 unspecified atom stereocenters. The van der Waals surface area contributed by atoms with E-state index in [1.807, 2.05) is 79.2 Å². The normalized spacial score (nSPS) is 10.8. The number of pyridine rings is 2. The smallest absolute Gasteiger partial charge is 0.159 e.